The predicted molar refractivity (Wildman–Crippen MR) is 113 cm³/mol. The molecule has 2 aromatic heterocycles. The van der Waals surface area contributed by atoms with Gasteiger partial charge in [-0.05, 0) is 61.9 Å². The Balaban J connectivity index is 1.67. The first-order valence-electron chi connectivity index (χ1n) is 9.28. The molecule has 5 nitrogen and oxygen atoms in total. The van der Waals surface area contributed by atoms with E-state index in [1.54, 1.807) is 13.0 Å². The van der Waals surface area contributed by atoms with Crippen molar-refractivity contribution in [2.24, 2.45) is 5.92 Å². The van der Waals surface area contributed by atoms with Crippen molar-refractivity contribution in [3.05, 3.63) is 50.5 Å². The van der Waals surface area contributed by atoms with Crippen LogP contribution < -0.4 is 5.32 Å². The second kappa shape index (κ2) is 7.72. The Labute approximate surface area is 175 Å². The van der Waals surface area contributed by atoms with Crippen molar-refractivity contribution in [1.29, 1.82) is 0 Å². The number of esters is 1. The fraction of sp³-hybridized carbons (Fsp3) is 0.333. The first kappa shape index (κ1) is 19.2. The molecule has 0 aliphatic heterocycles. The first-order chi connectivity index (χ1) is 13.5. The van der Waals surface area contributed by atoms with Crippen LogP contribution in [0.4, 0.5) is 5.00 Å². The predicted octanol–water partition coefficient (Wildman–Crippen LogP) is 5.81. The lowest BCUT2D eigenvalue weighted by molar-refractivity contribution is 0.0526. The van der Waals surface area contributed by atoms with Crippen LogP contribution in [0.15, 0.2) is 33.2 Å². The maximum absolute atomic E-state index is 12.8. The lowest BCUT2D eigenvalue weighted by Gasteiger charge is -2.18. The summed E-state index contributed by atoms with van der Waals surface area (Å²) >= 11 is 4.89. The molecule has 0 radical (unpaired) electrons. The summed E-state index contributed by atoms with van der Waals surface area (Å²) in [6.07, 6.45) is 2.78. The topological polar surface area (TPSA) is 68.5 Å². The van der Waals surface area contributed by atoms with E-state index in [2.05, 4.69) is 28.2 Å². The molecule has 1 amide bonds. The Morgan fingerprint density at radius 1 is 1.36 bits per heavy atom. The number of furan rings is 1. The van der Waals surface area contributed by atoms with Gasteiger partial charge in [-0.1, -0.05) is 22.9 Å². The van der Waals surface area contributed by atoms with E-state index in [0.29, 0.717) is 28.7 Å². The minimum absolute atomic E-state index is 0.211. The average molecular weight is 462 g/mol. The van der Waals surface area contributed by atoms with E-state index in [-0.39, 0.29) is 17.6 Å². The number of ether oxygens (including phenoxy) is 1. The molecule has 1 unspecified atom stereocenters. The Hall–Kier alpha value is -2.12. The molecule has 146 valence electrons. The van der Waals surface area contributed by atoms with Gasteiger partial charge in [0.05, 0.1) is 12.2 Å². The lowest BCUT2D eigenvalue weighted by Crippen LogP contribution is -2.16. The second-order valence-electron chi connectivity index (χ2n) is 7.02. The Morgan fingerprint density at radius 3 is 2.96 bits per heavy atom. The summed E-state index contributed by atoms with van der Waals surface area (Å²) in [5, 5.41) is 4.27. The van der Waals surface area contributed by atoms with E-state index >= 15 is 0 Å². The SMILES string of the molecule is CCOC(=O)c1c(NC(=O)c2cc3cc(Br)ccc3o2)sc2c1CCC(C)C2. The number of amides is 1. The summed E-state index contributed by atoms with van der Waals surface area (Å²) in [6.45, 7) is 4.28. The number of benzene rings is 1. The summed E-state index contributed by atoms with van der Waals surface area (Å²) < 4.78 is 11.8. The fourth-order valence-corrected chi connectivity index (χ4v) is 5.32. The molecule has 0 bridgehead atoms. The largest absolute Gasteiger partial charge is 0.462 e. The second-order valence-corrected chi connectivity index (χ2v) is 9.04. The molecular formula is C21H20BrNO4S. The molecule has 7 heteroatoms. The molecule has 2 heterocycles. The summed E-state index contributed by atoms with van der Waals surface area (Å²) in [5.74, 6) is 0.0316. The zero-order chi connectivity index (χ0) is 19.8. The number of halogens is 1. The van der Waals surface area contributed by atoms with Crippen molar-refractivity contribution in [3.8, 4) is 0 Å². The van der Waals surface area contributed by atoms with Gasteiger partial charge in [0.2, 0.25) is 0 Å². The molecular weight excluding hydrogens is 442 g/mol. The Kier molecular flexibility index (Phi) is 5.29. The number of carbonyl (C=O) groups is 2. The van der Waals surface area contributed by atoms with E-state index < -0.39 is 0 Å². The molecule has 1 aromatic carbocycles. The fourth-order valence-electron chi connectivity index (χ4n) is 3.55. The van der Waals surface area contributed by atoms with Gasteiger partial charge in [-0.25, -0.2) is 4.79 Å². The molecule has 0 saturated heterocycles. The highest BCUT2D eigenvalue weighted by molar-refractivity contribution is 9.10. The van der Waals surface area contributed by atoms with E-state index in [0.717, 1.165) is 39.6 Å². The van der Waals surface area contributed by atoms with Crippen LogP contribution in [0, 0.1) is 5.92 Å². The summed E-state index contributed by atoms with van der Waals surface area (Å²) in [7, 11) is 0. The van der Waals surface area contributed by atoms with Crippen LogP contribution in [0.25, 0.3) is 11.0 Å². The highest BCUT2D eigenvalue weighted by Gasteiger charge is 2.29. The van der Waals surface area contributed by atoms with Crippen molar-refractivity contribution in [1.82, 2.24) is 0 Å². The minimum Gasteiger partial charge on any atom is -0.462 e. The van der Waals surface area contributed by atoms with Crippen LogP contribution >= 0.6 is 27.3 Å². The molecule has 1 aliphatic rings. The number of anilines is 1. The number of hydrogen-bond donors (Lipinski definition) is 1. The third kappa shape index (κ3) is 3.61. The number of thiophene rings is 1. The molecule has 28 heavy (non-hydrogen) atoms. The number of hydrogen-bond acceptors (Lipinski definition) is 5. The van der Waals surface area contributed by atoms with Gasteiger partial charge in [0.1, 0.15) is 10.6 Å². The van der Waals surface area contributed by atoms with E-state index in [1.807, 2.05) is 18.2 Å². The van der Waals surface area contributed by atoms with Gasteiger partial charge in [-0.15, -0.1) is 11.3 Å². The van der Waals surface area contributed by atoms with Gasteiger partial charge < -0.3 is 14.5 Å². The molecule has 3 aromatic rings. The van der Waals surface area contributed by atoms with Crippen LogP contribution in [0.2, 0.25) is 0 Å². The molecule has 0 saturated carbocycles. The molecule has 1 N–H and O–H groups in total. The number of rotatable bonds is 4. The van der Waals surface area contributed by atoms with Crippen molar-refractivity contribution >= 4 is 55.1 Å². The van der Waals surface area contributed by atoms with Gasteiger partial charge in [-0.3, -0.25) is 4.79 Å². The van der Waals surface area contributed by atoms with Gasteiger partial charge in [0.25, 0.3) is 5.91 Å². The highest BCUT2D eigenvalue weighted by atomic mass is 79.9. The van der Waals surface area contributed by atoms with Crippen molar-refractivity contribution in [2.45, 2.75) is 33.1 Å². The Morgan fingerprint density at radius 2 is 2.18 bits per heavy atom. The van der Waals surface area contributed by atoms with Gasteiger partial charge in [0.15, 0.2) is 5.76 Å². The van der Waals surface area contributed by atoms with Crippen LogP contribution in [0.5, 0.6) is 0 Å². The van der Waals surface area contributed by atoms with Crippen LogP contribution in [-0.4, -0.2) is 18.5 Å². The van der Waals surface area contributed by atoms with Gasteiger partial charge in [0, 0.05) is 14.7 Å². The highest BCUT2D eigenvalue weighted by Crippen LogP contribution is 2.40. The monoisotopic (exact) mass is 461 g/mol. The molecule has 1 aliphatic carbocycles. The zero-order valence-corrected chi connectivity index (χ0v) is 18.0. The molecule has 0 fully saturated rings. The first-order valence-corrected chi connectivity index (χ1v) is 10.9. The average Bonchev–Trinajstić information content (AvgIpc) is 3.21. The Bertz CT molecular complexity index is 1070. The minimum atomic E-state index is -0.376. The molecule has 1 atom stereocenters. The maximum Gasteiger partial charge on any atom is 0.341 e. The third-order valence-electron chi connectivity index (χ3n) is 4.92. The normalized spacial score (nSPS) is 16.0. The van der Waals surface area contributed by atoms with Gasteiger partial charge in [-0.2, -0.15) is 0 Å². The number of nitrogens with one attached hydrogen (secondary N) is 1. The lowest BCUT2D eigenvalue weighted by atomic mass is 9.88. The quantitative estimate of drug-likeness (QED) is 0.497. The van der Waals surface area contributed by atoms with E-state index in [4.69, 9.17) is 9.15 Å². The van der Waals surface area contributed by atoms with Crippen molar-refractivity contribution in [2.75, 3.05) is 11.9 Å². The van der Waals surface area contributed by atoms with Crippen LogP contribution in [0.1, 0.15) is 51.6 Å². The third-order valence-corrected chi connectivity index (χ3v) is 6.58. The van der Waals surface area contributed by atoms with Crippen LogP contribution in [0.3, 0.4) is 0 Å². The summed E-state index contributed by atoms with van der Waals surface area (Å²) in [5.41, 5.74) is 2.16. The van der Waals surface area contributed by atoms with Gasteiger partial charge >= 0.3 is 5.97 Å². The number of fused-ring (bicyclic) bond motifs is 2. The van der Waals surface area contributed by atoms with E-state index in [9.17, 15) is 9.59 Å². The van der Waals surface area contributed by atoms with Crippen LogP contribution in [-0.2, 0) is 17.6 Å². The number of carbonyl (C=O) groups excluding carboxylic acids is 2. The van der Waals surface area contributed by atoms with Crippen molar-refractivity contribution < 1.29 is 18.7 Å². The van der Waals surface area contributed by atoms with Crippen molar-refractivity contribution in [3.63, 3.8) is 0 Å². The van der Waals surface area contributed by atoms with E-state index in [1.165, 1.54) is 11.3 Å². The molecule has 4 rings (SSSR count). The standard InChI is InChI=1S/C21H20BrNO4S/c1-3-26-21(25)18-14-6-4-11(2)8-17(14)28-20(18)23-19(24)16-10-12-9-13(22)5-7-15(12)27-16/h5,7,9-11H,3-4,6,8H2,1-2H3,(H,23,24). The zero-order valence-electron chi connectivity index (χ0n) is 15.6. The smallest absolute Gasteiger partial charge is 0.341 e. The molecule has 0 spiro atoms. The maximum atomic E-state index is 12.8. The summed E-state index contributed by atoms with van der Waals surface area (Å²) in [4.78, 5) is 26.6. The summed E-state index contributed by atoms with van der Waals surface area (Å²) in [6, 6.07) is 7.27.